The lowest BCUT2D eigenvalue weighted by Crippen LogP contribution is -2.56. The Bertz CT molecular complexity index is 324. The van der Waals surface area contributed by atoms with Crippen LogP contribution in [0.3, 0.4) is 0 Å². The summed E-state index contributed by atoms with van der Waals surface area (Å²) in [5.41, 5.74) is 1.19. The maximum absolute atomic E-state index is 5.85. The summed E-state index contributed by atoms with van der Waals surface area (Å²) in [5.74, 6) is 0. The highest BCUT2D eigenvalue weighted by Crippen LogP contribution is 2.11. The first kappa shape index (κ1) is 14.4. The largest absolute Gasteiger partial charge is 0.537 e. The third-order valence-electron chi connectivity index (χ3n) is 2.37. The van der Waals surface area contributed by atoms with Gasteiger partial charge in [0.1, 0.15) is 0 Å². The number of aryl methyl sites for hydroxylation is 1. The summed E-state index contributed by atoms with van der Waals surface area (Å²) in [4.78, 5) is 0. The van der Waals surface area contributed by atoms with E-state index in [2.05, 4.69) is 19.1 Å². The molecule has 0 amide bonds. The smallest absolute Gasteiger partial charge is 0.370 e. The van der Waals surface area contributed by atoms with Crippen LogP contribution in [0.15, 0.2) is 24.3 Å². The minimum absolute atomic E-state index is 0.597. The zero-order chi connectivity index (χ0) is 12.7. The summed E-state index contributed by atoms with van der Waals surface area (Å²) in [5, 5.41) is 1.04. The molecule has 0 aliphatic heterocycles. The number of rotatable bonds is 7. The summed E-state index contributed by atoms with van der Waals surface area (Å²) in [7, 11) is -2.70. The van der Waals surface area contributed by atoms with Crippen LogP contribution < -0.4 is 5.19 Å². The third kappa shape index (κ3) is 3.64. The molecule has 1 rings (SSSR count). The minimum atomic E-state index is -2.70. The average molecular weight is 254 g/mol. The van der Waals surface area contributed by atoms with Crippen molar-refractivity contribution in [3.63, 3.8) is 0 Å². The third-order valence-corrected chi connectivity index (χ3v) is 5.40. The first-order valence-electron chi connectivity index (χ1n) is 6.17. The van der Waals surface area contributed by atoms with Gasteiger partial charge in [0.05, 0.1) is 0 Å². The molecule has 1 aromatic rings. The Balaban J connectivity index is 3.09. The molecule has 0 unspecified atom stereocenters. The van der Waals surface area contributed by atoms with Crippen LogP contribution in [0, 0.1) is 6.92 Å². The van der Waals surface area contributed by atoms with Gasteiger partial charge in [-0.3, -0.25) is 0 Å². The summed E-state index contributed by atoms with van der Waals surface area (Å²) < 4.78 is 17.5. The second kappa shape index (κ2) is 6.91. The Kier molecular flexibility index (Phi) is 5.84. The van der Waals surface area contributed by atoms with Crippen molar-refractivity contribution in [2.75, 3.05) is 19.8 Å². The highest BCUT2D eigenvalue weighted by molar-refractivity contribution is 6.75. The molecule has 0 atom stereocenters. The Hall–Kier alpha value is -0.683. The SMILES string of the molecule is CCO[Si](OCC)(OCC)c1cccc(C)c1. The van der Waals surface area contributed by atoms with Gasteiger partial charge in [-0.25, -0.2) is 0 Å². The maximum atomic E-state index is 5.85. The quantitative estimate of drug-likeness (QED) is 0.699. The van der Waals surface area contributed by atoms with Gasteiger partial charge < -0.3 is 13.3 Å². The van der Waals surface area contributed by atoms with Crippen molar-refractivity contribution in [2.24, 2.45) is 0 Å². The first-order chi connectivity index (χ1) is 8.18. The molecule has 0 heterocycles. The molecule has 96 valence electrons. The molecule has 3 nitrogen and oxygen atoms in total. The van der Waals surface area contributed by atoms with Gasteiger partial charge in [-0.05, 0) is 27.7 Å². The molecular formula is C13H22O3Si. The van der Waals surface area contributed by atoms with Gasteiger partial charge in [-0.2, -0.15) is 0 Å². The molecule has 0 saturated heterocycles. The standard InChI is InChI=1S/C13H22O3Si/c1-5-14-17(15-6-2,16-7-3)13-10-8-9-12(4)11-13/h8-11H,5-7H2,1-4H3. The van der Waals surface area contributed by atoms with Crippen LogP contribution in [0.4, 0.5) is 0 Å². The molecule has 0 aliphatic rings. The molecule has 4 heteroatoms. The van der Waals surface area contributed by atoms with E-state index in [0.717, 1.165) is 5.19 Å². The van der Waals surface area contributed by atoms with Gasteiger partial charge in [0, 0.05) is 25.0 Å². The zero-order valence-corrected chi connectivity index (χ0v) is 12.2. The minimum Gasteiger partial charge on any atom is -0.370 e. The second-order valence-electron chi connectivity index (χ2n) is 3.72. The van der Waals surface area contributed by atoms with Crippen LogP contribution in [0.2, 0.25) is 0 Å². The lowest BCUT2D eigenvalue weighted by Gasteiger charge is -2.28. The van der Waals surface area contributed by atoms with Gasteiger partial charge in [-0.1, -0.05) is 29.8 Å². The van der Waals surface area contributed by atoms with E-state index >= 15 is 0 Å². The predicted octanol–water partition coefficient (Wildman–Crippen LogP) is 2.25. The van der Waals surface area contributed by atoms with E-state index in [1.165, 1.54) is 5.56 Å². The van der Waals surface area contributed by atoms with Crippen molar-refractivity contribution in [3.8, 4) is 0 Å². The molecule has 1 aromatic carbocycles. The molecule has 0 radical (unpaired) electrons. The Morgan fingerprint density at radius 2 is 1.47 bits per heavy atom. The van der Waals surface area contributed by atoms with E-state index < -0.39 is 8.80 Å². The van der Waals surface area contributed by atoms with E-state index in [1.54, 1.807) is 0 Å². The summed E-state index contributed by atoms with van der Waals surface area (Å²) in [6, 6.07) is 8.20. The van der Waals surface area contributed by atoms with Crippen molar-refractivity contribution in [3.05, 3.63) is 29.8 Å². The number of benzene rings is 1. The summed E-state index contributed by atoms with van der Waals surface area (Å²) in [6.07, 6.45) is 0. The average Bonchev–Trinajstić information content (AvgIpc) is 2.30. The second-order valence-corrected chi connectivity index (χ2v) is 6.28. The first-order valence-corrected chi connectivity index (χ1v) is 7.90. The van der Waals surface area contributed by atoms with Crippen LogP contribution in [0.1, 0.15) is 26.3 Å². The Morgan fingerprint density at radius 3 is 1.88 bits per heavy atom. The lowest BCUT2D eigenvalue weighted by molar-refractivity contribution is 0.0859. The van der Waals surface area contributed by atoms with Gasteiger partial charge in [0.15, 0.2) is 0 Å². The van der Waals surface area contributed by atoms with Crippen molar-refractivity contribution in [2.45, 2.75) is 27.7 Å². The molecule has 0 fully saturated rings. The van der Waals surface area contributed by atoms with Crippen molar-refractivity contribution in [1.29, 1.82) is 0 Å². The van der Waals surface area contributed by atoms with Crippen LogP contribution >= 0.6 is 0 Å². The van der Waals surface area contributed by atoms with Crippen molar-refractivity contribution >= 4 is 14.0 Å². The van der Waals surface area contributed by atoms with Crippen LogP contribution in [0.25, 0.3) is 0 Å². The van der Waals surface area contributed by atoms with Crippen molar-refractivity contribution in [1.82, 2.24) is 0 Å². The molecule has 0 bridgehead atoms. The van der Waals surface area contributed by atoms with E-state index in [-0.39, 0.29) is 0 Å². The molecule has 17 heavy (non-hydrogen) atoms. The molecular weight excluding hydrogens is 232 g/mol. The number of hydrogen-bond donors (Lipinski definition) is 0. The molecule has 0 aromatic heterocycles. The summed E-state index contributed by atoms with van der Waals surface area (Å²) in [6.45, 7) is 9.76. The van der Waals surface area contributed by atoms with E-state index in [4.69, 9.17) is 13.3 Å². The normalized spacial score (nSPS) is 11.8. The van der Waals surface area contributed by atoms with Crippen LogP contribution in [-0.4, -0.2) is 28.6 Å². The Labute approximate surface area is 105 Å². The summed E-state index contributed by atoms with van der Waals surface area (Å²) >= 11 is 0. The van der Waals surface area contributed by atoms with Crippen molar-refractivity contribution < 1.29 is 13.3 Å². The molecule has 0 aliphatic carbocycles. The van der Waals surface area contributed by atoms with Gasteiger partial charge >= 0.3 is 8.80 Å². The fraction of sp³-hybridized carbons (Fsp3) is 0.538. The van der Waals surface area contributed by atoms with Crippen LogP contribution in [-0.2, 0) is 13.3 Å². The Morgan fingerprint density at radius 1 is 0.941 bits per heavy atom. The maximum Gasteiger partial charge on any atom is 0.537 e. The predicted molar refractivity (Wildman–Crippen MR) is 71.4 cm³/mol. The topological polar surface area (TPSA) is 27.7 Å². The number of hydrogen-bond acceptors (Lipinski definition) is 3. The van der Waals surface area contributed by atoms with E-state index in [0.29, 0.717) is 19.8 Å². The molecule has 0 saturated carbocycles. The monoisotopic (exact) mass is 254 g/mol. The van der Waals surface area contributed by atoms with Gasteiger partial charge in [0.25, 0.3) is 0 Å². The van der Waals surface area contributed by atoms with E-state index in [9.17, 15) is 0 Å². The highest BCUT2D eigenvalue weighted by Gasteiger charge is 2.43. The van der Waals surface area contributed by atoms with Gasteiger partial charge in [0.2, 0.25) is 0 Å². The molecule has 0 spiro atoms. The lowest BCUT2D eigenvalue weighted by atomic mass is 10.2. The van der Waals surface area contributed by atoms with Crippen LogP contribution in [0.5, 0.6) is 0 Å². The molecule has 0 N–H and O–H groups in total. The van der Waals surface area contributed by atoms with E-state index in [1.807, 2.05) is 32.9 Å². The highest BCUT2D eigenvalue weighted by atomic mass is 28.4. The fourth-order valence-electron chi connectivity index (χ4n) is 1.78. The fourth-order valence-corrected chi connectivity index (χ4v) is 4.38. The zero-order valence-electron chi connectivity index (χ0n) is 11.2. The van der Waals surface area contributed by atoms with Gasteiger partial charge in [-0.15, -0.1) is 0 Å².